The topological polar surface area (TPSA) is 68.0 Å². The number of carbonyl (C=O) groups is 1. The van der Waals surface area contributed by atoms with E-state index in [2.05, 4.69) is 10.3 Å². The van der Waals surface area contributed by atoms with Crippen molar-refractivity contribution in [3.8, 4) is 0 Å². The second-order valence-electron chi connectivity index (χ2n) is 4.44. The van der Waals surface area contributed by atoms with Gasteiger partial charge >= 0.3 is 5.97 Å². The van der Waals surface area contributed by atoms with Crippen LogP contribution in [0.3, 0.4) is 0 Å². The normalized spacial score (nSPS) is 15.7. The third-order valence-electron chi connectivity index (χ3n) is 3.38. The summed E-state index contributed by atoms with van der Waals surface area (Å²) in [6.07, 6.45) is 2.37. The maximum Gasteiger partial charge on any atom is 0.341 e. The van der Waals surface area contributed by atoms with Gasteiger partial charge in [0, 0.05) is 0 Å². The van der Waals surface area contributed by atoms with Gasteiger partial charge in [-0.05, 0) is 19.3 Å². The van der Waals surface area contributed by atoms with Crippen LogP contribution in [0.1, 0.15) is 35.7 Å². The van der Waals surface area contributed by atoms with Crippen LogP contribution in [0, 0.1) is 17.5 Å². The Labute approximate surface area is 104 Å². The third kappa shape index (κ3) is 1.52. The molecule has 1 saturated carbocycles. The van der Waals surface area contributed by atoms with E-state index < -0.39 is 40.0 Å². The van der Waals surface area contributed by atoms with Gasteiger partial charge in [-0.3, -0.25) is 0 Å². The van der Waals surface area contributed by atoms with Crippen LogP contribution in [0.4, 0.5) is 13.2 Å². The Morgan fingerprint density at radius 2 is 1.89 bits per heavy atom. The predicted octanol–water partition coefficient (Wildman–Crippen LogP) is 2.27. The molecule has 8 heteroatoms. The Morgan fingerprint density at radius 3 is 2.42 bits per heavy atom. The summed E-state index contributed by atoms with van der Waals surface area (Å²) < 4.78 is 42.5. The molecule has 0 unspecified atom stereocenters. The highest BCUT2D eigenvalue weighted by Gasteiger charge is 2.31. The van der Waals surface area contributed by atoms with Gasteiger partial charge in [0.2, 0.25) is 0 Å². The van der Waals surface area contributed by atoms with Crippen LogP contribution < -0.4 is 0 Å². The number of fused-ring (bicyclic) bond motifs is 1. The largest absolute Gasteiger partial charge is 0.477 e. The molecule has 3 rings (SSSR count). The zero-order chi connectivity index (χ0) is 13.7. The number of halogens is 3. The molecule has 1 aromatic heterocycles. The zero-order valence-electron chi connectivity index (χ0n) is 9.53. The average Bonchev–Trinajstić information content (AvgIpc) is 2.68. The van der Waals surface area contributed by atoms with E-state index in [1.165, 1.54) is 0 Å². The Hall–Kier alpha value is -2.12. The van der Waals surface area contributed by atoms with Crippen LogP contribution in [0.5, 0.6) is 0 Å². The molecule has 1 N–H and O–H groups in total. The summed E-state index contributed by atoms with van der Waals surface area (Å²) in [7, 11) is 0. The second kappa shape index (κ2) is 3.94. The number of aromatic nitrogens is 3. The van der Waals surface area contributed by atoms with Gasteiger partial charge in [-0.2, -0.15) is 0 Å². The minimum atomic E-state index is -1.88. The van der Waals surface area contributed by atoms with Gasteiger partial charge in [-0.1, -0.05) is 5.21 Å². The molecule has 1 aromatic carbocycles. The van der Waals surface area contributed by atoms with E-state index in [-0.39, 0.29) is 6.04 Å². The van der Waals surface area contributed by atoms with E-state index in [1.54, 1.807) is 0 Å². The molecule has 100 valence electrons. The van der Waals surface area contributed by atoms with Gasteiger partial charge in [-0.15, -0.1) is 5.10 Å². The molecule has 1 heterocycles. The van der Waals surface area contributed by atoms with E-state index in [4.69, 9.17) is 5.11 Å². The predicted molar refractivity (Wildman–Crippen MR) is 57.2 cm³/mol. The Kier molecular flexibility index (Phi) is 2.48. The van der Waals surface area contributed by atoms with Crippen LogP contribution in [-0.4, -0.2) is 26.1 Å². The van der Waals surface area contributed by atoms with Crippen molar-refractivity contribution in [2.75, 3.05) is 0 Å². The maximum atomic E-state index is 13.9. The molecular weight excluding hydrogens is 263 g/mol. The van der Waals surface area contributed by atoms with E-state index >= 15 is 0 Å². The lowest BCUT2D eigenvalue weighted by molar-refractivity contribution is 0.0685. The van der Waals surface area contributed by atoms with Crippen molar-refractivity contribution >= 4 is 17.0 Å². The number of rotatable bonds is 2. The van der Waals surface area contributed by atoms with Crippen LogP contribution in [0.25, 0.3) is 11.0 Å². The summed E-state index contributed by atoms with van der Waals surface area (Å²) in [5, 5.41) is 15.7. The van der Waals surface area contributed by atoms with Crippen molar-refractivity contribution in [1.82, 2.24) is 15.0 Å². The first-order valence-electron chi connectivity index (χ1n) is 5.67. The Morgan fingerprint density at radius 1 is 1.21 bits per heavy atom. The highest BCUT2D eigenvalue weighted by Crippen LogP contribution is 2.35. The fourth-order valence-electron chi connectivity index (χ4n) is 2.15. The molecular formula is C11H8F3N3O2. The van der Waals surface area contributed by atoms with Gasteiger partial charge in [0.15, 0.2) is 23.0 Å². The summed E-state index contributed by atoms with van der Waals surface area (Å²) in [5.41, 5.74) is -2.31. The molecule has 0 aliphatic heterocycles. The van der Waals surface area contributed by atoms with Crippen LogP contribution in [0.15, 0.2) is 0 Å². The molecule has 0 spiro atoms. The van der Waals surface area contributed by atoms with Gasteiger partial charge in [0.05, 0.1) is 6.04 Å². The number of hydrogen-bond acceptors (Lipinski definition) is 3. The number of aromatic carboxylic acids is 1. The van der Waals surface area contributed by atoms with Crippen LogP contribution in [-0.2, 0) is 0 Å². The van der Waals surface area contributed by atoms with Crippen molar-refractivity contribution in [3.05, 3.63) is 23.0 Å². The molecule has 0 atom stereocenters. The van der Waals surface area contributed by atoms with Crippen molar-refractivity contribution in [3.63, 3.8) is 0 Å². The van der Waals surface area contributed by atoms with Gasteiger partial charge in [0.25, 0.3) is 0 Å². The van der Waals surface area contributed by atoms with Crippen molar-refractivity contribution in [1.29, 1.82) is 0 Å². The van der Waals surface area contributed by atoms with Crippen LogP contribution >= 0.6 is 0 Å². The molecule has 0 amide bonds. The average molecular weight is 271 g/mol. The SMILES string of the molecule is O=C(O)c1c(F)c(F)c2c(nnn2C2CCC2)c1F. The molecule has 1 aliphatic carbocycles. The monoisotopic (exact) mass is 271 g/mol. The minimum Gasteiger partial charge on any atom is -0.477 e. The van der Waals surface area contributed by atoms with Gasteiger partial charge in [0.1, 0.15) is 11.1 Å². The summed E-state index contributed by atoms with van der Waals surface area (Å²) >= 11 is 0. The first kappa shape index (κ1) is 11.9. The van der Waals surface area contributed by atoms with E-state index in [0.717, 1.165) is 23.9 Å². The summed E-state index contributed by atoms with van der Waals surface area (Å²) in [6.45, 7) is 0. The fraction of sp³-hybridized carbons (Fsp3) is 0.364. The molecule has 0 saturated heterocycles. The molecule has 2 aromatic rings. The van der Waals surface area contributed by atoms with Crippen molar-refractivity contribution in [2.45, 2.75) is 25.3 Å². The molecule has 0 radical (unpaired) electrons. The van der Waals surface area contributed by atoms with E-state index in [9.17, 15) is 18.0 Å². The number of carboxylic acids is 1. The second-order valence-corrected chi connectivity index (χ2v) is 4.44. The molecule has 0 bridgehead atoms. The number of hydrogen-bond donors (Lipinski definition) is 1. The molecule has 5 nitrogen and oxygen atoms in total. The first-order valence-corrected chi connectivity index (χ1v) is 5.67. The summed E-state index contributed by atoms with van der Waals surface area (Å²) in [6, 6.07) is -0.144. The lowest BCUT2D eigenvalue weighted by Crippen LogP contribution is -2.19. The Bertz CT molecular complexity index is 694. The third-order valence-corrected chi connectivity index (χ3v) is 3.38. The zero-order valence-corrected chi connectivity index (χ0v) is 9.53. The van der Waals surface area contributed by atoms with Gasteiger partial charge < -0.3 is 5.11 Å². The summed E-state index contributed by atoms with van der Waals surface area (Å²) in [4.78, 5) is 10.7. The molecule has 19 heavy (non-hydrogen) atoms. The first-order chi connectivity index (χ1) is 9.02. The summed E-state index contributed by atoms with van der Waals surface area (Å²) in [5.74, 6) is -6.42. The number of benzene rings is 1. The van der Waals surface area contributed by atoms with Crippen molar-refractivity contribution < 1.29 is 23.1 Å². The lowest BCUT2D eigenvalue weighted by atomic mass is 9.93. The van der Waals surface area contributed by atoms with E-state index in [0.29, 0.717) is 0 Å². The van der Waals surface area contributed by atoms with E-state index in [1.807, 2.05) is 0 Å². The van der Waals surface area contributed by atoms with Gasteiger partial charge in [-0.25, -0.2) is 22.6 Å². The van der Waals surface area contributed by atoms with Crippen LogP contribution in [0.2, 0.25) is 0 Å². The van der Waals surface area contributed by atoms with Crippen molar-refractivity contribution in [2.24, 2.45) is 0 Å². The highest BCUT2D eigenvalue weighted by atomic mass is 19.2. The highest BCUT2D eigenvalue weighted by molar-refractivity contribution is 5.93. The quantitative estimate of drug-likeness (QED) is 0.851. The molecule has 1 aliphatic rings. The maximum absolute atomic E-state index is 13.9. The standard InChI is InChI=1S/C11H8F3N3O2/c12-6-5(11(18)19)7(13)9-10(8(6)14)17(16-15-9)4-2-1-3-4/h4H,1-3H2,(H,18,19). The number of carboxylic acid groups (broad SMARTS) is 1. The lowest BCUT2D eigenvalue weighted by Gasteiger charge is -2.25. The smallest absolute Gasteiger partial charge is 0.341 e. The Balaban J connectivity index is 2.34. The number of nitrogens with zero attached hydrogens (tertiary/aromatic N) is 3. The fourth-order valence-corrected chi connectivity index (χ4v) is 2.15. The minimum absolute atomic E-state index is 0.144. The molecule has 1 fully saturated rings.